The van der Waals surface area contributed by atoms with Crippen LogP contribution in [0.15, 0.2) is 57.6 Å². The minimum atomic E-state index is -0.562. The van der Waals surface area contributed by atoms with Crippen LogP contribution >= 0.6 is 27.7 Å². The molecule has 4 atom stereocenters. The molecule has 0 radical (unpaired) electrons. The topological polar surface area (TPSA) is 70.0 Å². The molecule has 7 heteroatoms. The summed E-state index contributed by atoms with van der Waals surface area (Å²) in [5.74, 6) is 0.0937. The van der Waals surface area contributed by atoms with Crippen LogP contribution in [0.3, 0.4) is 0 Å². The number of methoxy groups -OCH3 is 1. The molecule has 1 aliphatic heterocycles. The number of rotatable bonds is 3. The number of Topliss-reactive ketones (excluding diaryl/α,β-unsaturated/α-hetero) is 1. The van der Waals surface area contributed by atoms with E-state index >= 15 is 0 Å². The zero-order valence-corrected chi connectivity index (χ0v) is 19.0. The largest absolute Gasteiger partial charge is 0.504 e. The van der Waals surface area contributed by atoms with Crippen LogP contribution in [0.1, 0.15) is 22.8 Å². The zero-order valence-electron chi connectivity index (χ0n) is 16.6. The standard InChI is InChI=1S/C23H22BrNO4S/c1-25-11-23-10-17(27)18(29-2)9-15(23)20(25)22(30-13-5-3-12(24)4-6-13)14-7-8-16(26)21(28)19(14)23/h3-9,15,20,22,26,28H,10-11H2,1-2H3/t15-,20-,22-,23+/m1/s1. The highest BCUT2D eigenvalue weighted by atomic mass is 79.9. The molecule has 1 saturated heterocycles. The quantitative estimate of drug-likeness (QED) is 0.626. The minimum Gasteiger partial charge on any atom is -0.504 e. The maximum atomic E-state index is 12.8. The van der Waals surface area contributed by atoms with Crippen molar-refractivity contribution in [2.75, 3.05) is 20.7 Å². The molecule has 0 aromatic heterocycles. The predicted octanol–water partition coefficient (Wildman–Crippen LogP) is 4.38. The number of carbonyl (C=O) groups is 1. The number of ketones is 1. The molecule has 156 valence electrons. The summed E-state index contributed by atoms with van der Waals surface area (Å²) in [5.41, 5.74) is 1.14. The van der Waals surface area contributed by atoms with Crippen LogP contribution in [0.25, 0.3) is 0 Å². The molecule has 0 unspecified atom stereocenters. The summed E-state index contributed by atoms with van der Waals surface area (Å²) in [4.78, 5) is 16.2. The van der Waals surface area contributed by atoms with E-state index < -0.39 is 5.41 Å². The van der Waals surface area contributed by atoms with Crippen LogP contribution in [0, 0.1) is 5.92 Å². The first-order chi connectivity index (χ1) is 14.4. The molecule has 0 saturated carbocycles. The van der Waals surface area contributed by atoms with Gasteiger partial charge in [-0.1, -0.05) is 22.0 Å². The summed E-state index contributed by atoms with van der Waals surface area (Å²) < 4.78 is 6.41. The Morgan fingerprint density at radius 3 is 2.63 bits per heavy atom. The second-order valence-electron chi connectivity index (χ2n) is 8.31. The Kier molecular flexibility index (Phi) is 4.69. The number of phenolic OH excluding ortho intramolecular Hbond substituents is 2. The Morgan fingerprint density at radius 1 is 1.20 bits per heavy atom. The van der Waals surface area contributed by atoms with Crippen molar-refractivity contribution in [3.63, 3.8) is 0 Å². The molecule has 2 aliphatic carbocycles. The van der Waals surface area contributed by atoms with Crippen LogP contribution in [0.2, 0.25) is 0 Å². The van der Waals surface area contributed by atoms with Crippen LogP contribution in [-0.4, -0.2) is 47.6 Å². The Labute approximate surface area is 187 Å². The molecule has 30 heavy (non-hydrogen) atoms. The highest BCUT2D eigenvalue weighted by Crippen LogP contribution is 2.63. The Morgan fingerprint density at radius 2 is 1.93 bits per heavy atom. The van der Waals surface area contributed by atoms with Gasteiger partial charge in [-0.3, -0.25) is 4.79 Å². The SMILES string of the molecule is COC1=C[C@@H]2[C@@H]3[C@H](Sc4ccc(Br)cc4)c4ccc(O)c(O)c4[C@@]2(CC1=O)CN3C. The number of phenols is 2. The number of ether oxygens (including phenoxy) is 1. The van der Waals surface area contributed by atoms with E-state index in [4.69, 9.17) is 4.74 Å². The number of halogens is 1. The maximum Gasteiger partial charge on any atom is 0.197 e. The van der Waals surface area contributed by atoms with Crippen molar-refractivity contribution in [1.82, 2.24) is 4.90 Å². The van der Waals surface area contributed by atoms with E-state index in [-0.39, 0.29) is 40.9 Å². The highest BCUT2D eigenvalue weighted by Gasteiger charge is 2.62. The molecule has 0 spiro atoms. The van der Waals surface area contributed by atoms with Gasteiger partial charge in [-0.25, -0.2) is 0 Å². The fourth-order valence-corrected chi connectivity index (χ4v) is 7.28. The fourth-order valence-electron chi connectivity index (χ4n) is 5.59. The number of aromatic hydroxyl groups is 2. The number of allylic oxidation sites excluding steroid dienone is 1. The molecular formula is C23H22BrNO4S. The molecule has 2 bridgehead atoms. The molecule has 2 N–H and O–H groups in total. The number of benzene rings is 2. The summed E-state index contributed by atoms with van der Waals surface area (Å²) in [6, 6.07) is 11.8. The number of nitrogens with zero attached hydrogens (tertiary/aromatic N) is 1. The first-order valence-corrected chi connectivity index (χ1v) is 11.5. The lowest BCUT2D eigenvalue weighted by Gasteiger charge is -2.46. The maximum absolute atomic E-state index is 12.8. The minimum absolute atomic E-state index is 0.00305. The lowest BCUT2D eigenvalue weighted by Crippen LogP contribution is -2.46. The van der Waals surface area contributed by atoms with E-state index in [2.05, 4.69) is 40.0 Å². The van der Waals surface area contributed by atoms with Crippen LogP contribution in [0.4, 0.5) is 0 Å². The third-order valence-corrected chi connectivity index (χ3v) is 8.59. The van der Waals surface area contributed by atoms with E-state index in [1.165, 1.54) is 7.11 Å². The van der Waals surface area contributed by atoms with Gasteiger partial charge in [-0.05, 0) is 49.0 Å². The number of thioether (sulfide) groups is 1. The van der Waals surface area contributed by atoms with Gasteiger partial charge >= 0.3 is 0 Å². The van der Waals surface area contributed by atoms with Gasteiger partial charge in [0.1, 0.15) is 0 Å². The molecule has 3 aliphatic rings. The highest BCUT2D eigenvalue weighted by molar-refractivity contribution is 9.10. The van der Waals surface area contributed by atoms with Crippen molar-refractivity contribution >= 4 is 33.5 Å². The Bertz CT molecular complexity index is 1070. The molecule has 1 heterocycles. The van der Waals surface area contributed by atoms with Gasteiger partial charge in [0.05, 0.1) is 12.4 Å². The summed E-state index contributed by atoms with van der Waals surface area (Å²) in [6.07, 6.45) is 2.21. The summed E-state index contributed by atoms with van der Waals surface area (Å²) in [7, 11) is 3.61. The van der Waals surface area contributed by atoms with Gasteiger partial charge < -0.3 is 19.8 Å². The van der Waals surface area contributed by atoms with E-state index in [9.17, 15) is 15.0 Å². The number of likely N-dealkylation sites (N-methyl/N-ethyl adjacent to an activating group) is 1. The molecule has 5 nitrogen and oxygen atoms in total. The normalized spacial score (nSPS) is 29.9. The Hall–Kier alpha value is -1.96. The smallest absolute Gasteiger partial charge is 0.197 e. The van der Waals surface area contributed by atoms with E-state index in [1.54, 1.807) is 17.8 Å². The molecule has 2 aromatic carbocycles. The van der Waals surface area contributed by atoms with Gasteiger partial charge in [0.2, 0.25) is 0 Å². The van der Waals surface area contributed by atoms with Gasteiger partial charge in [0.15, 0.2) is 23.0 Å². The number of hydrogen-bond donors (Lipinski definition) is 2. The first kappa shape index (κ1) is 20.0. The fraction of sp³-hybridized carbons (Fsp3) is 0.348. The van der Waals surface area contributed by atoms with E-state index in [0.717, 1.165) is 14.9 Å². The molecule has 1 fully saturated rings. The van der Waals surface area contributed by atoms with Crippen molar-refractivity contribution < 1.29 is 19.7 Å². The van der Waals surface area contributed by atoms with E-state index in [1.807, 2.05) is 24.3 Å². The third kappa shape index (κ3) is 2.75. The number of hydrogen-bond acceptors (Lipinski definition) is 6. The molecule has 5 rings (SSSR count). The predicted molar refractivity (Wildman–Crippen MR) is 119 cm³/mol. The van der Waals surface area contributed by atoms with Crippen molar-refractivity contribution in [1.29, 1.82) is 0 Å². The van der Waals surface area contributed by atoms with Gasteiger partial charge in [-0.15, -0.1) is 11.8 Å². The zero-order chi connectivity index (χ0) is 21.2. The average Bonchev–Trinajstić information content (AvgIpc) is 2.94. The van der Waals surface area contributed by atoms with E-state index in [0.29, 0.717) is 17.9 Å². The van der Waals surface area contributed by atoms with Crippen LogP contribution < -0.4 is 0 Å². The van der Waals surface area contributed by atoms with Crippen LogP contribution in [0.5, 0.6) is 11.5 Å². The average molecular weight is 488 g/mol. The number of carbonyl (C=O) groups excluding carboxylic acids is 1. The summed E-state index contributed by atoms with van der Waals surface area (Å²) >= 11 is 5.23. The van der Waals surface area contributed by atoms with Gasteiger partial charge in [-0.2, -0.15) is 0 Å². The third-order valence-electron chi connectivity index (χ3n) is 6.73. The number of likely N-dealkylation sites (tertiary alicyclic amines) is 1. The second-order valence-corrected chi connectivity index (χ2v) is 10.4. The molecular weight excluding hydrogens is 466 g/mol. The van der Waals surface area contributed by atoms with Crippen LogP contribution in [-0.2, 0) is 14.9 Å². The van der Waals surface area contributed by atoms with Crippen molar-refractivity contribution in [2.45, 2.75) is 28.0 Å². The lowest BCUT2D eigenvalue weighted by atomic mass is 9.59. The van der Waals surface area contributed by atoms with Crippen molar-refractivity contribution in [2.24, 2.45) is 5.92 Å². The monoisotopic (exact) mass is 487 g/mol. The first-order valence-electron chi connectivity index (χ1n) is 9.82. The van der Waals surface area contributed by atoms with Gasteiger partial charge in [0, 0.05) is 45.3 Å². The molecule has 0 amide bonds. The second kappa shape index (κ2) is 7.04. The summed E-state index contributed by atoms with van der Waals surface area (Å²) in [6.45, 7) is 0.642. The summed E-state index contributed by atoms with van der Waals surface area (Å²) in [5, 5.41) is 21.3. The van der Waals surface area contributed by atoms with Crippen molar-refractivity contribution in [3.05, 3.63) is 63.8 Å². The number of fused-ring (bicyclic) bond motifs is 1. The lowest BCUT2D eigenvalue weighted by molar-refractivity contribution is -0.120. The van der Waals surface area contributed by atoms with Crippen molar-refractivity contribution in [3.8, 4) is 11.5 Å². The van der Waals surface area contributed by atoms with Gasteiger partial charge in [0.25, 0.3) is 0 Å². The Balaban J connectivity index is 1.72. The molecule has 2 aromatic rings.